The van der Waals surface area contributed by atoms with Gasteiger partial charge in [-0.2, -0.15) is 15.1 Å². The van der Waals surface area contributed by atoms with E-state index in [1.165, 1.54) is 10.9 Å². The predicted molar refractivity (Wildman–Crippen MR) is 125 cm³/mol. The van der Waals surface area contributed by atoms with E-state index in [1.807, 2.05) is 24.3 Å². The quantitative estimate of drug-likeness (QED) is 0.257. The normalized spacial score (nSPS) is 21.9. The first-order chi connectivity index (χ1) is 17.3. The fraction of sp³-hybridized carbons (Fsp3) is 0.409. The lowest BCUT2D eigenvalue weighted by Crippen LogP contribution is -2.42. The summed E-state index contributed by atoms with van der Waals surface area (Å²) < 4.78 is 6.99. The number of hydrogen-bond acceptors (Lipinski definition) is 11. The monoisotopic (exact) mass is 498 g/mol. The Morgan fingerprint density at radius 1 is 1.17 bits per heavy atom. The molecule has 4 rings (SSSR count). The zero-order valence-electron chi connectivity index (χ0n) is 19.4. The Balaban J connectivity index is 1.50. The van der Waals surface area contributed by atoms with Crippen LogP contribution in [0.25, 0.3) is 11.2 Å². The van der Waals surface area contributed by atoms with Crippen LogP contribution in [-0.4, -0.2) is 71.6 Å². The number of anilines is 1. The van der Waals surface area contributed by atoms with Crippen molar-refractivity contribution in [2.45, 2.75) is 50.8 Å². The maximum absolute atomic E-state index is 12.2. The smallest absolute Gasteiger partial charge is 0.303 e. The molecule has 14 heteroatoms. The number of nitrogens with zero attached hydrogens (tertiary/aromatic N) is 6. The maximum Gasteiger partial charge on any atom is 0.303 e. The van der Waals surface area contributed by atoms with Crippen LogP contribution in [0, 0.1) is 0 Å². The van der Waals surface area contributed by atoms with Gasteiger partial charge in [0.05, 0.1) is 12.9 Å². The number of nitrogen functional groups attached to an aromatic ring is 1. The Bertz CT molecular complexity index is 1280. The van der Waals surface area contributed by atoms with E-state index in [0.29, 0.717) is 13.0 Å². The second kappa shape index (κ2) is 10.7. The number of aliphatic hydroxyl groups is 2. The van der Waals surface area contributed by atoms with Crippen LogP contribution in [0.2, 0.25) is 0 Å². The molecule has 0 unspecified atom stereocenters. The Kier molecular flexibility index (Phi) is 7.47. The summed E-state index contributed by atoms with van der Waals surface area (Å²) in [6.07, 6.45) is -3.46. The minimum Gasteiger partial charge on any atom is -0.481 e. The van der Waals surface area contributed by atoms with E-state index >= 15 is 0 Å². The van der Waals surface area contributed by atoms with E-state index in [0.717, 1.165) is 11.1 Å². The Morgan fingerprint density at radius 2 is 1.89 bits per heavy atom. The topological polar surface area (TPSA) is 210 Å². The third-order valence-electron chi connectivity index (χ3n) is 5.62. The van der Waals surface area contributed by atoms with Gasteiger partial charge in [0.25, 0.3) is 11.9 Å². The van der Waals surface area contributed by atoms with Gasteiger partial charge < -0.3 is 31.1 Å². The van der Waals surface area contributed by atoms with Crippen LogP contribution >= 0.6 is 0 Å². The molecular formula is C22H26N8O6. The summed E-state index contributed by atoms with van der Waals surface area (Å²) in [4.78, 5) is 35.4. The van der Waals surface area contributed by atoms with Gasteiger partial charge >= 0.3 is 5.97 Å². The number of nitrogens with two attached hydrogens (primary N) is 1. The van der Waals surface area contributed by atoms with Crippen molar-refractivity contribution in [3.63, 3.8) is 0 Å². The standard InChI is InChI=1S/C22H26N8O6/c1-2-24-20(35)17-15(33)16(34)21(36-17)30-10-25-14-18(23)27-22(28-19(14)30)29-26-9-12-5-3-11(4-6-12)7-8-13(31)32/h3-6,10,15-17,21,33-34H,2,7-9H2,1H3,(H,24,35)(H,31,32)(H2,23,27,28)/t15-,16+,17-,21+/m0/s1. The van der Waals surface area contributed by atoms with Crippen molar-refractivity contribution in [1.29, 1.82) is 0 Å². The van der Waals surface area contributed by atoms with E-state index in [2.05, 4.69) is 30.5 Å². The predicted octanol–water partition coefficient (Wildman–Crippen LogP) is 0.465. The lowest BCUT2D eigenvalue weighted by Gasteiger charge is -2.16. The number of carboxylic acid groups (broad SMARTS) is 1. The largest absolute Gasteiger partial charge is 0.481 e. The first-order valence-corrected chi connectivity index (χ1v) is 11.2. The number of carbonyl (C=O) groups is 2. The summed E-state index contributed by atoms with van der Waals surface area (Å²) in [6, 6.07) is 7.34. The van der Waals surface area contributed by atoms with E-state index in [4.69, 9.17) is 15.6 Å². The van der Waals surface area contributed by atoms with Crippen LogP contribution in [-0.2, 0) is 27.3 Å². The number of ether oxygens (including phenoxy) is 1. The summed E-state index contributed by atoms with van der Waals surface area (Å²) in [5, 5.41) is 40.3. The molecule has 1 aliphatic heterocycles. The van der Waals surface area contributed by atoms with Crippen LogP contribution in [0.5, 0.6) is 0 Å². The second-order valence-electron chi connectivity index (χ2n) is 8.17. The number of aryl methyl sites for hydroxylation is 1. The van der Waals surface area contributed by atoms with Crippen molar-refractivity contribution < 1.29 is 29.6 Å². The Morgan fingerprint density at radius 3 is 2.58 bits per heavy atom. The number of amides is 1. The number of benzene rings is 1. The number of aliphatic hydroxyl groups excluding tert-OH is 2. The van der Waals surface area contributed by atoms with E-state index < -0.39 is 36.4 Å². The van der Waals surface area contributed by atoms with Gasteiger partial charge in [0.1, 0.15) is 17.7 Å². The van der Waals surface area contributed by atoms with Gasteiger partial charge in [0.15, 0.2) is 23.8 Å². The van der Waals surface area contributed by atoms with Crippen molar-refractivity contribution in [3.8, 4) is 0 Å². The van der Waals surface area contributed by atoms with Crippen LogP contribution in [0.3, 0.4) is 0 Å². The highest BCUT2D eigenvalue weighted by molar-refractivity contribution is 5.83. The zero-order chi connectivity index (χ0) is 25.8. The summed E-state index contributed by atoms with van der Waals surface area (Å²) in [6.45, 7) is 2.29. The van der Waals surface area contributed by atoms with Crippen molar-refractivity contribution in [2.75, 3.05) is 12.3 Å². The highest BCUT2D eigenvalue weighted by Gasteiger charge is 2.47. The number of fused-ring (bicyclic) bond motifs is 1. The molecule has 36 heavy (non-hydrogen) atoms. The van der Waals surface area contributed by atoms with Crippen molar-refractivity contribution in [3.05, 3.63) is 41.7 Å². The molecule has 0 radical (unpaired) electrons. The van der Waals surface area contributed by atoms with Gasteiger partial charge in [-0.25, -0.2) is 4.98 Å². The molecule has 3 heterocycles. The van der Waals surface area contributed by atoms with Crippen LogP contribution in [0.15, 0.2) is 40.8 Å². The van der Waals surface area contributed by atoms with E-state index in [1.54, 1.807) is 6.92 Å². The minimum atomic E-state index is -1.45. The number of imidazole rings is 1. The first kappa shape index (κ1) is 25.1. The van der Waals surface area contributed by atoms with Gasteiger partial charge in [0.2, 0.25) is 0 Å². The number of aliphatic carboxylic acids is 1. The zero-order valence-corrected chi connectivity index (χ0v) is 19.4. The summed E-state index contributed by atoms with van der Waals surface area (Å²) in [7, 11) is 0. The van der Waals surface area contributed by atoms with Gasteiger partial charge in [-0.1, -0.05) is 24.3 Å². The number of nitrogens with one attached hydrogen (secondary N) is 1. The molecule has 1 fully saturated rings. The van der Waals surface area contributed by atoms with Gasteiger partial charge in [0, 0.05) is 13.0 Å². The number of hydrogen-bond donors (Lipinski definition) is 5. The average molecular weight is 499 g/mol. The first-order valence-electron chi connectivity index (χ1n) is 11.2. The van der Waals surface area contributed by atoms with Crippen molar-refractivity contribution >= 4 is 34.8 Å². The van der Waals surface area contributed by atoms with E-state index in [9.17, 15) is 19.8 Å². The van der Waals surface area contributed by atoms with Gasteiger partial charge in [-0.15, -0.1) is 5.11 Å². The highest BCUT2D eigenvalue weighted by atomic mass is 16.6. The van der Waals surface area contributed by atoms with Crippen molar-refractivity contribution in [2.24, 2.45) is 10.2 Å². The van der Waals surface area contributed by atoms with Crippen molar-refractivity contribution in [1.82, 2.24) is 24.8 Å². The molecular weight excluding hydrogens is 472 g/mol. The third-order valence-corrected chi connectivity index (χ3v) is 5.62. The molecule has 0 bridgehead atoms. The molecule has 1 amide bonds. The van der Waals surface area contributed by atoms with Crippen LogP contribution in [0.1, 0.15) is 30.7 Å². The fourth-order valence-corrected chi connectivity index (χ4v) is 3.78. The van der Waals surface area contributed by atoms with Crippen LogP contribution in [0.4, 0.5) is 11.8 Å². The number of carbonyl (C=O) groups excluding carboxylic acids is 1. The lowest BCUT2D eigenvalue weighted by atomic mass is 10.1. The second-order valence-corrected chi connectivity index (χ2v) is 8.17. The molecule has 0 aliphatic carbocycles. The number of rotatable bonds is 9. The average Bonchev–Trinajstić information content (AvgIpc) is 3.40. The van der Waals surface area contributed by atoms with Gasteiger partial charge in [-0.3, -0.25) is 14.2 Å². The Labute approximate surface area is 204 Å². The molecule has 1 saturated heterocycles. The third kappa shape index (κ3) is 5.30. The van der Waals surface area contributed by atoms with E-state index in [-0.39, 0.29) is 35.9 Å². The molecule has 1 aromatic carbocycles. The number of carboxylic acids is 1. The number of azo groups is 1. The molecule has 4 atom stereocenters. The molecule has 6 N–H and O–H groups in total. The summed E-state index contributed by atoms with van der Waals surface area (Å²) in [5.74, 6) is -1.41. The number of aromatic nitrogens is 4. The minimum absolute atomic E-state index is 0.0313. The SMILES string of the molecule is CCNC(=O)[C@H]1O[C@@H](n2cnc3c(N)nc(N=NCc4ccc(CCC(=O)O)cc4)nc32)[C@H](O)[C@@H]1O. The number of likely N-dealkylation sites (N-methyl/N-ethyl adjacent to an activating group) is 1. The van der Waals surface area contributed by atoms with Gasteiger partial charge in [-0.05, 0) is 24.5 Å². The molecule has 1 aliphatic rings. The fourth-order valence-electron chi connectivity index (χ4n) is 3.78. The molecule has 14 nitrogen and oxygen atoms in total. The Hall–Kier alpha value is -4.01. The summed E-state index contributed by atoms with van der Waals surface area (Å²) >= 11 is 0. The lowest BCUT2D eigenvalue weighted by molar-refractivity contribution is -0.138. The maximum atomic E-state index is 12.2. The highest BCUT2D eigenvalue weighted by Crippen LogP contribution is 2.32. The molecule has 0 saturated carbocycles. The van der Waals surface area contributed by atoms with Crippen LogP contribution < -0.4 is 11.1 Å². The molecule has 190 valence electrons. The molecule has 2 aromatic heterocycles. The molecule has 0 spiro atoms. The molecule has 3 aromatic rings. The summed E-state index contributed by atoms with van der Waals surface area (Å²) in [5.41, 5.74) is 8.19.